The van der Waals surface area contributed by atoms with Crippen molar-refractivity contribution in [2.24, 2.45) is 0 Å². The van der Waals surface area contributed by atoms with Gasteiger partial charge in [0.1, 0.15) is 9.71 Å². The minimum absolute atomic E-state index is 0.297. The second-order valence-electron chi connectivity index (χ2n) is 6.72. The number of pyridine rings is 1. The number of carbonyl (C=O) groups is 1. The number of carbonyl (C=O) groups excluding carboxylic acids is 1. The monoisotopic (exact) mass is 476 g/mol. The number of amides is 1. The van der Waals surface area contributed by atoms with E-state index in [1.807, 2.05) is 17.5 Å². The smallest absolute Gasteiger partial charge is 0.269 e. The number of aromatic nitrogens is 2. The molecule has 154 valence electrons. The van der Waals surface area contributed by atoms with Gasteiger partial charge in [-0.1, -0.05) is 36.5 Å². The molecule has 0 spiro atoms. The number of thiophene rings is 1. The fraction of sp³-hybridized carbons (Fsp3) is 0.190. The topological polar surface area (TPSA) is 80.9 Å². The molecule has 3 aromatic heterocycles. The Hall–Kier alpha value is -2.19. The number of hydrogen-bond acceptors (Lipinski definition) is 6. The molecule has 0 aliphatic carbocycles. The van der Waals surface area contributed by atoms with Gasteiger partial charge in [0.15, 0.2) is 5.13 Å². The van der Waals surface area contributed by atoms with Gasteiger partial charge >= 0.3 is 0 Å². The molecular formula is C21H18Cl2N4OS2. The Morgan fingerprint density at radius 1 is 1.20 bits per heavy atom. The van der Waals surface area contributed by atoms with Crippen LogP contribution in [0.3, 0.4) is 0 Å². The molecule has 0 radical (unpaired) electrons. The molecule has 4 aromatic rings. The summed E-state index contributed by atoms with van der Waals surface area (Å²) in [5, 5.41) is 7.00. The molecule has 0 saturated carbocycles. The predicted octanol–water partition coefficient (Wildman–Crippen LogP) is 6.90. The molecule has 0 aliphatic heterocycles. The number of benzene rings is 1. The van der Waals surface area contributed by atoms with E-state index in [0.29, 0.717) is 31.4 Å². The Morgan fingerprint density at radius 3 is 2.80 bits per heavy atom. The van der Waals surface area contributed by atoms with Crippen LogP contribution in [0.15, 0.2) is 35.7 Å². The summed E-state index contributed by atoms with van der Waals surface area (Å²) in [5.41, 5.74) is 9.12. The minimum Gasteiger partial charge on any atom is -0.397 e. The van der Waals surface area contributed by atoms with Crippen molar-refractivity contribution < 1.29 is 4.79 Å². The van der Waals surface area contributed by atoms with Gasteiger partial charge in [-0.15, -0.1) is 22.7 Å². The fourth-order valence-electron chi connectivity index (χ4n) is 3.01. The first kappa shape index (κ1) is 21.1. The number of nitrogen functional groups attached to an aromatic ring is 1. The third kappa shape index (κ3) is 4.30. The van der Waals surface area contributed by atoms with E-state index in [2.05, 4.69) is 22.2 Å². The van der Waals surface area contributed by atoms with Crippen molar-refractivity contribution in [2.75, 3.05) is 11.1 Å². The largest absolute Gasteiger partial charge is 0.397 e. The van der Waals surface area contributed by atoms with Gasteiger partial charge in [-0.05, 0) is 43.2 Å². The van der Waals surface area contributed by atoms with Crippen molar-refractivity contribution in [3.63, 3.8) is 0 Å². The van der Waals surface area contributed by atoms with E-state index in [0.717, 1.165) is 40.7 Å². The van der Waals surface area contributed by atoms with Gasteiger partial charge in [0.05, 0.1) is 16.4 Å². The summed E-state index contributed by atoms with van der Waals surface area (Å²) in [7, 11) is 0. The molecule has 1 aromatic carbocycles. The minimum atomic E-state index is -0.297. The summed E-state index contributed by atoms with van der Waals surface area (Å²) < 4.78 is 0. The van der Waals surface area contributed by atoms with Crippen molar-refractivity contribution in [1.82, 2.24) is 9.97 Å². The first-order valence-corrected chi connectivity index (χ1v) is 11.8. The maximum atomic E-state index is 12.8. The highest BCUT2D eigenvalue weighted by atomic mass is 35.5. The Kier molecular flexibility index (Phi) is 6.24. The van der Waals surface area contributed by atoms with Crippen LogP contribution in [-0.4, -0.2) is 15.9 Å². The zero-order valence-electron chi connectivity index (χ0n) is 16.0. The Balaban J connectivity index is 1.56. The van der Waals surface area contributed by atoms with Crippen LogP contribution in [0.2, 0.25) is 10.0 Å². The first-order valence-electron chi connectivity index (χ1n) is 9.36. The van der Waals surface area contributed by atoms with E-state index < -0.39 is 0 Å². The van der Waals surface area contributed by atoms with Crippen molar-refractivity contribution in [3.05, 3.63) is 56.3 Å². The first-order chi connectivity index (χ1) is 14.5. The lowest BCUT2D eigenvalue weighted by Gasteiger charge is -2.02. The number of thiazole rings is 1. The number of fused-ring (bicyclic) bond motifs is 1. The molecule has 1 amide bonds. The summed E-state index contributed by atoms with van der Waals surface area (Å²) in [6.45, 7) is 2.15. The molecule has 0 aliphatic rings. The van der Waals surface area contributed by atoms with Gasteiger partial charge in [-0.3, -0.25) is 10.1 Å². The Bertz CT molecular complexity index is 1240. The number of nitrogens with one attached hydrogen (secondary N) is 1. The molecule has 4 rings (SSSR count). The number of halogens is 2. The molecule has 0 atom stereocenters. The number of hydrogen-bond donors (Lipinski definition) is 2. The molecular weight excluding hydrogens is 459 g/mol. The lowest BCUT2D eigenvalue weighted by Crippen LogP contribution is -2.11. The fourth-order valence-corrected chi connectivity index (χ4v) is 5.23. The predicted molar refractivity (Wildman–Crippen MR) is 128 cm³/mol. The average Bonchev–Trinajstić information content (AvgIpc) is 3.30. The van der Waals surface area contributed by atoms with E-state index in [1.165, 1.54) is 22.7 Å². The highest BCUT2D eigenvalue weighted by Crippen LogP contribution is 2.35. The molecule has 0 bridgehead atoms. The third-order valence-corrected chi connectivity index (χ3v) is 7.00. The van der Waals surface area contributed by atoms with Crippen LogP contribution in [0.5, 0.6) is 0 Å². The maximum Gasteiger partial charge on any atom is 0.269 e. The molecule has 0 fully saturated rings. The summed E-state index contributed by atoms with van der Waals surface area (Å²) in [4.78, 5) is 23.2. The number of aryl methyl sites for hydroxylation is 1. The highest BCUT2D eigenvalue weighted by molar-refractivity contribution is 7.21. The zero-order valence-corrected chi connectivity index (χ0v) is 19.2. The van der Waals surface area contributed by atoms with Gasteiger partial charge in [0.25, 0.3) is 5.91 Å². The molecule has 9 heteroatoms. The number of nitrogens with zero attached hydrogens (tertiary/aromatic N) is 2. The van der Waals surface area contributed by atoms with E-state index in [9.17, 15) is 4.79 Å². The Morgan fingerprint density at radius 2 is 2.03 bits per heavy atom. The van der Waals surface area contributed by atoms with Crippen LogP contribution < -0.4 is 11.1 Å². The van der Waals surface area contributed by atoms with Gasteiger partial charge in [0, 0.05) is 27.0 Å². The standard InChI is InChI=1S/C21H18Cl2N4OS2/c1-2-3-4-12-6-8-14-17(24)18(30-20(14)25-12)19(28)27-21-26-16(10-29-21)13-7-5-11(22)9-15(13)23/h5-10H,2-4,24H2,1H3,(H,26,27,28). The normalized spacial score (nSPS) is 11.2. The summed E-state index contributed by atoms with van der Waals surface area (Å²) in [6, 6.07) is 9.14. The van der Waals surface area contributed by atoms with E-state index in [1.54, 1.807) is 18.2 Å². The summed E-state index contributed by atoms with van der Waals surface area (Å²) in [5.74, 6) is -0.297. The number of rotatable bonds is 6. The van der Waals surface area contributed by atoms with Gasteiger partial charge in [-0.2, -0.15) is 0 Å². The molecule has 3 N–H and O–H groups in total. The van der Waals surface area contributed by atoms with Gasteiger partial charge in [-0.25, -0.2) is 9.97 Å². The van der Waals surface area contributed by atoms with Crippen LogP contribution in [0.25, 0.3) is 21.5 Å². The second kappa shape index (κ2) is 8.89. The van der Waals surface area contributed by atoms with Gasteiger partial charge in [0.2, 0.25) is 0 Å². The molecule has 3 heterocycles. The van der Waals surface area contributed by atoms with Gasteiger partial charge < -0.3 is 5.73 Å². The van der Waals surface area contributed by atoms with E-state index in [4.69, 9.17) is 28.9 Å². The van der Waals surface area contributed by atoms with Crippen LogP contribution in [0, 0.1) is 0 Å². The number of nitrogens with two attached hydrogens (primary N) is 1. The second-order valence-corrected chi connectivity index (χ2v) is 9.42. The lowest BCUT2D eigenvalue weighted by atomic mass is 10.1. The maximum absolute atomic E-state index is 12.8. The Labute approximate surface area is 191 Å². The molecule has 0 unspecified atom stereocenters. The quantitative estimate of drug-likeness (QED) is 0.316. The van der Waals surface area contributed by atoms with Crippen molar-refractivity contribution in [3.8, 4) is 11.3 Å². The van der Waals surface area contributed by atoms with Crippen molar-refractivity contribution in [1.29, 1.82) is 0 Å². The van der Waals surface area contributed by atoms with Crippen molar-refractivity contribution in [2.45, 2.75) is 26.2 Å². The molecule has 5 nitrogen and oxygen atoms in total. The van der Waals surface area contributed by atoms with Crippen LogP contribution in [0.1, 0.15) is 35.1 Å². The number of unbranched alkanes of at least 4 members (excludes halogenated alkanes) is 1. The van der Waals surface area contributed by atoms with Crippen LogP contribution >= 0.6 is 45.9 Å². The average molecular weight is 477 g/mol. The van der Waals surface area contributed by atoms with Crippen LogP contribution in [0.4, 0.5) is 10.8 Å². The third-order valence-electron chi connectivity index (χ3n) is 4.58. The summed E-state index contributed by atoms with van der Waals surface area (Å²) >= 11 is 14.8. The highest BCUT2D eigenvalue weighted by Gasteiger charge is 2.19. The lowest BCUT2D eigenvalue weighted by molar-refractivity contribution is 0.103. The van der Waals surface area contributed by atoms with Crippen LogP contribution in [-0.2, 0) is 6.42 Å². The zero-order chi connectivity index (χ0) is 21.3. The van der Waals surface area contributed by atoms with E-state index in [-0.39, 0.29) is 5.91 Å². The number of anilines is 2. The van der Waals surface area contributed by atoms with Crippen molar-refractivity contribution >= 4 is 72.8 Å². The summed E-state index contributed by atoms with van der Waals surface area (Å²) in [6.07, 6.45) is 3.11. The SMILES string of the molecule is CCCCc1ccc2c(N)c(C(=O)Nc3nc(-c4ccc(Cl)cc4Cl)cs3)sc2n1. The van der Waals surface area contributed by atoms with E-state index >= 15 is 0 Å². The molecule has 0 saturated heterocycles. The molecule has 30 heavy (non-hydrogen) atoms.